The van der Waals surface area contributed by atoms with Crippen LogP contribution in [0.5, 0.6) is 0 Å². The van der Waals surface area contributed by atoms with E-state index in [9.17, 15) is 0 Å². The Morgan fingerprint density at radius 2 is 2.33 bits per heavy atom. The smallest absolute Gasteiger partial charge is 0.0845 e. The van der Waals surface area contributed by atoms with Gasteiger partial charge in [0.2, 0.25) is 0 Å². The van der Waals surface area contributed by atoms with Crippen LogP contribution in [-0.2, 0) is 6.61 Å². The van der Waals surface area contributed by atoms with Gasteiger partial charge in [-0.25, -0.2) is 0 Å². The summed E-state index contributed by atoms with van der Waals surface area (Å²) in [5.41, 5.74) is 0.951. The fraction of sp³-hybridized carbons (Fsp3) is 0.125. The van der Waals surface area contributed by atoms with Crippen LogP contribution in [0.3, 0.4) is 0 Å². The average Bonchev–Trinajstić information content (AvgIpc) is 2.46. The van der Waals surface area contributed by atoms with Gasteiger partial charge in [-0.1, -0.05) is 15.9 Å². The Hall–Kier alpha value is -0.450. The number of aliphatic hydroxyl groups is 1. The Bertz CT molecular complexity index is 412. The van der Waals surface area contributed by atoms with Gasteiger partial charge in [0.05, 0.1) is 17.0 Å². The highest BCUT2D eigenvalue weighted by molar-refractivity contribution is 9.10. The van der Waals surface area contributed by atoms with E-state index in [-0.39, 0.29) is 6.61 Å². The molecule has 2 rings (SSSR count). The van der Waals surface area contributed by atoms with E-state index >= 15 is 0 Å². The number of rotatable bonds is 1. The fourth-order valence-electron chi connectivity index (χ4n) is 1.08. The lowest BCUT2D eigenvalue weighted by molar-refractivity contribution is 0.287. The maximum absolute atomic E-state index is 8.97. The molecule has 0 atom stereocenters. The van der Waals surface area contributed by atoms with E-state index in [0.717, 1.165) is 20.3 Å². The van der Waals surface area contributed by atoms with Crippen molar-refractivity contribution in [3.8, 4) is 0 Å². The molecule has 1 aromatic heterocycles. The van der Waals surface area contributed by atoms with E-state index in [0.29, 0.717) is 0 Å². The zero-order chi connectivity index (χ0) is 8.55. The first-order chi connectivity index (χ1) is 5.81. The minimum atomic E-state index is 0.0671. The molecule has 0 aliphatic rings. The maximum Gasteiger partial charge on any atom is 0.0845 e. The Labute approximate surface area is 82.1 Å². The normalized spacial score (nSPS) is 10.8. The average molecular weight is 244 g/mol. The quantitative estimate of drug-likeness (QED) is 0.836. The van der Waals surface area contributed by atoms with E-state index in [1.54, 1.807) is 0 Å². The first kappa shape index (κ1) is 8.16. The first-order valence-electron chi connectivity index (χ1n) is 3.46. The molecule has 2 nitrogen and oxygen atoms in total. The van der Waals surface area contributed by atoms with Gasteiger partial charge in [-0.3, -0.25) is 0 Å². The van der Waals surface area contributed by atoms with Crippen LogP contribution in [0.25, 0.3) is 10.9 Å². The summed E-state index contributed by atoms with van der Waals surface area (Å²) < 4.78 is 5.21. The molecule has 0 radical (unpaired) electrons. The first-order valence-corrected chi connectivity index (χ1v) is 5.02. The molecule has 0 aliphatic heterocycles. The number of aliphatic hydroxyl groups excluding tert-OH is 1. The second-order valence-corrected chi connectivity index (χ2v) is 4.20. The Morgan fingerprint density at radius 3 is 3.08 bits per heavy atom. The van der Waals surface area contributed by atoms with Gasteiger partial charge in [-0.2, -0.15) is 4.37 Å². The van der Waals surface area contributed by atoms with Gasteiger partial charge in [-0.15, -0.1) is 0 Å². The van der Waals surface area contributed by atoms with Gasteiger partial charge >= 0.3 is 0 Å². The van der Waals surface area contributed by atoms with Gasteiger partial charge in [0.25, 0.3) is 0 Å². The number of hydrogen-bond donors (Lipinski definition) is 1. The molecular formula is C8H6BrNOS. The molecule has 1 N–H and O–H groups in total. The third-order valence-corrected chi connectivity index (χ3v) is 3.01. The van der Waals surface area contributed by atoms with E-state index in [1.807, 2.05) is 18.2 Å². The van der Waals surface area contributed by atoms with Gasteiger partial charge < -0.3 is 5.11 Å². The third kappa shape index (κ3) is 1.26. The molecule has 2 aromatic rings. The Kier molecular flexibility index (Phi) is 2.12. The van der Waals surface area contributed by atoms with E-state index < -0.39 is 0 Å². The van der Waals surface area contributed by atoms with Gasteiger partial charge in [0.15, 0.2) is 0 Å². The van der Waals surface area contributed by atoms with Crippen molar-refractivity contribution in [2.24, 2.45) is 0 Å². The summed E-state index contributed by atoms with van der Waals surface area (Å²) in [7, 11) is 0. The SMILES string of the molecule is OCc1snc2ccc(Br)cc12. The molecule has 0 saturated carbocycles. The van der Waals surface area contributed by atoms with Crippen LogP contribution in [0.15, 0.2) is 22.7 Å². The largest absolute Gasteiger partial charge is 0.391 e. The summed E-state index contributed by atoms with van der Waals surface area (Å²) in [6, 6.07) is 5.86. The van der Waals surface area contributed by atoms with Gasteiger partial charge in [-0.05, 0) is 29.7 Å². The summed E-state index contributed by atoms with van der Waals surface area (Å²) in [6.07, 6.45) is 0. The van der Waals surface area contributed by atoms with Crippen LogP contribution in [0.1, 0.15) is 4.88 Å². The second-order valence-electron chi connectivity index (χ2n) is 2.43. The summed E-state index contributed by atoms with van der Waals surface area (Å²) in [5, 5.41) is 10.0. The predicted octanol–water partition coefficient (Wildman–Crippen LogP) is 2.55. The number of aromatic nitrogens is 1. The molecule has 0 saturated heterocycles. The molecule has 1 aromatic carbocycles. The molecule has 12 heavy (non-hydrogen) atoms. The molecule has 1 heterocycles. The maximum atomic E-state index is 8.97. The van der Waals surface area contributed by atoms with Crippen LogP contribution < -0.4 is 0 Å². The number of halogens is 1. The highest BCUT2D eigenvalue weighted by Crippen LogP contribution is 2.25. The third-order valence-electron chi connectivity index (χ3n) is 1.66. The highest BCUT2D eigenvalue weighted by Gasteiger charge is 2.04. The lowest BCUT2D eigenvalue weighted by Crippen LogP contribution is -1.76. The standard InChI is InChI=1S/C8H6BrNOS/c9-5-1-2-7-6(3-5)8(4-11)12-10-7/h1-3,11H,4H2. The Balaban J connectivity index is 2.75. The van der Waals surface area contributed by atoms with Crippen LogP contribution in [0.4, 0.5) is 0 Å². The Morgan fingerprint density at radius 1 is 1.50 bits per heavy atom. The van der Waals surface area contributed by atoms with Crippen molar-refractivity contribution < 1.29 is 5.11 Å². The van der Waals surface area contributed by atoms with Crippen molar-refractivity contribution in [3.05, 3.63) is 27.5 Å². The van der Waals surface area contributed by atoms with Crippen LogP contribution in [0.2, 0.25) is 0 Å². The van der Waals surface area contributed by atoms with Crippen molar-refractivity contribution in [1.82, 2.24) is 4.37 Å². The molecule has 0 fully saturated rings. The zero-order valence-electron chi connectivity index (χ0n) is 6.12. The highest BCUT2D eigenvalue weighted by atomic mass is 79.9. The molecule has 0 spiro atoms. The molecule has 0 unspecified atom stereocenters. The molecule has 0 amide bonds. The van der Waals surface area contributed by atoms with Crippen LogP contribution >= 0.6 is 27.5 Å². The lowest BCUT2D eigenvalue weighted by atomic mass is 10.2. The topological polar surface area (TPSA) is 33.1 Å². The summed E-state index contributed by atoms with van der Waals surface area (Å²) in [4.78, 5) is 0.923. The van der Waals surface area contributed by atoms with Crippen molar-refractivity contribution >= 4 is 38.4 Å². The fourth-order valence-corrected chi connectivity index (χ4v) is 2.13. The minimum absolute atomic E-state index is 0.0671. The lowest BCUT2D eigenvalue weighted by Gasteiger charge is -1.92. The van der Waals surface area contributed by atoms with Gasteiger partial charge in [0, 0.05) is 9.86 Å². The number of hydrogen-bond acceptors (Lipinski definition) is 3. The molecule has 4 heteroatoms. The molecule has 0 aliphatic carbocycles. The van der Waals surface area contributed by atoms with E-state index in [4.69, 9.17) is 5.11 Å². The van der Waals surface area contributed by atoms with Crippen molar-refractivity contribution in [1.29, 1.82) is 0 Å². The predicted molar refractivity (Wildman–Crippen MR) is 53.2 cm³/mol. The molecule has 62 valence electrons. The number of nitrogens with zero attached hydrogens (tertiary/aromatic N) is 1. The van der Waals surface area contributed by atoms with E-state index in [2.05, 4.69) is 20.3 Å². The number of benzene rings is 1. The zero-order valence-corrected chi connectivity index (χ0v) is 8.52. The van der Waals surface area contributed by atoms with E-state index in [1.165, 1.54) is 11.5 Å². The summed E-state index contributed by atoms with van der Waals surface area (Å²) >= 11 is 4.73. The molecular weight excluding hydrogens is 238 g/mol. The summed E-state index contributed by atoms with van der Waals surface area (Å²) in [5.74, 6) is 0. The van der Waals surface area contributed by atoms with Crippen molar-refractivity contribution in [2.45, 2.75) is 6.61 Å². The van der Waals surface area contributed by atoms with Crippen molar-refractivity contribution in [3.63, 3.8) is 0 Å². The second kappa shape index (κ2) is 3.12. The van der Waals surface area contributed by atoms with Crippen LogP contribution in [0, 0.1) is 0 Å². The number of fused-ring (bicyclic) bond motifs is 1. The van der Waals surface area contributed by atoms with Gasteiger partial charge in [0.1, 0.15) is 0 Å². The van der Waals surface area contributed by atoms with Crippen LogP contribution in [-0.4, -0.2) is 9.48 Å². The summed E-state index contributed by atoms with van der Waals surface area (Å²) in [6.45, 7) is 0.0671. The minimum Gasteiger partial charge on any atom is -0.391 e. The monoisotopic (exact) mass is 243 g/mol. The molecule has 0 bridgehead atoms. The van der Waals surface area contributed by atoms with Crippen molar-refractivity contribution in [2.75, 3.05) is 0 Å².